The van der Waals surface area contributed by atoms with Crippen LogP contribution in [0.15, 0.2) is 88.7 Å². The molecule has 4 heteroatoms. The monoisotopic (exact) mass is 457 g/mol. The van der Waals surface area contributed by atoms with Gasteiger partial charge in [-0.25, -0.2) is 0 Å². The highest BCUT2D eigenvalue weighted by Gasteiger charge is 2.35. The fraction of sp³-hybridized carbons (Fsp3) is 0.276. The quantitative estimate of drug-likeness (QED) is 0.407. The molecular formula is C29H31NO2S. The van der Waals surface area contributed by atoms with E-state index in [9.17, 15) is 9.90 Å². The van der Waals surface area contributed by atoms with E-state index in [1.54, 1.807) is 23.9 Å². The molecule has 0 saturated carbocycles. The van der Waals surface area contributed by atoms with E-state index in [4.69, 9.17) is 0 Å². The van der Waals surface area contributed by atoms with E-state index in [-0.39, 0.29) is 11.7 Å². The van der Waals surface area contributed by atoms with E-state index >= 15 is 0 Å². The summed E-state index contributed by atoms with van der Waals surface area (Å²) in [7, 11) is 0. The number of phenolic OH excluding ortho intramolecular Hbond substituents is 1. The molecule has 33 heavy (non-hydrogen) atoms. The lowest BCUT2D eigenvalue weighted by molar-refractivity contribution is -0.119. The summed E-state index contributed by atoms with van der Waals surface area (Å²) >= 11 is 1.59. The topological polar surface area (TPSA) is 49.3 Å². The van der Waals surface area contributed by atoms with Crippen molar-refractivity contribution in [3.63, 3.8) is 0 Å². The Morgan fingerprint density at radius 2 is 1.82 bits per heavy atom. The third-order valence-corrected chi connectivity index (χ3v) is 7.43. The second-order valence-corrected chi connectivity index (χ2v) is 10.2. The Labute approximate surface area is 200 Å². The van der Waals surface area contributed by atoms with Crippen molar-refractivity contribution in [3.05, 3.63) is 101 Å². The van der Waals surface area contributed by atoms with Crippen molar-refractivity contribution in [1.82, 2.24) is 5.32 Å². The van der Waals surface area contributed by atoms with Crippen molar-refractivity contribution in [3.8, 4) is 5.75 Å². The lowest BCUT2D eigenvalue weighted by atomic mass is 9.80. The summed E-state index contributed by atoms with van der Waals surface area (Å²) in [5, 5.41) is 14.0. The van der Waals surface area contributed by atoms with Crippen LogP contribution in [0, 0.1) is 6.92 Å². The summed E-state index contributed by atoms with van der Waals surface area (Å²) in [6.45, 7) is 6.47. The lowest BCUT2D eigenvalue weighted by Gasteiger charge is -2.37. The van der Waals surface area contributed by atoms with Gasteiger partial charge in [-0.2, -0.15) is 0 Å². The normalized spacial score (nSPS) is 17.9. The minimum atomic E-state index is -0.502. The largest absolute Gasteiger partial charge is 0.507 e. The van der Waals surface area contributed by atoms with Gasteiger partial charge in [-0.05, 0) is 78.6 Å². The molecule has 0 aromatic heterocycles. The minimum Gasteiger partial charge on any atom is -0.507 e. The number of rotatable bonds is 7. The molecule has 1 unspecified atom stereocenters. The van der Waals surface area contributed by atoms with Gasteiger partial charge in [-0.15, -0.1) is 0 Å². The average Bonchev–Trinajstić information content (AvgIpc) is 2.80. The molecule has 170 valence electrons. The minimum absolute atomic E-state index is 0.0719. The number of benzene rings is 3. The molecule has 1 aliphatic rings. The van der Waals surface area contributed by atoms with Gasteiger partial charge in [0.05, 0.1) is 10.4 Å². The lowest BCUT2D eigenvalue weighted by Crippen LogP contribution is -2.47. The zero-order chi connectivity index (χ0) is 23.4. The molecule has 1 heterocycles. The van der Waals surface area contributed by atoms with Gasteiger partial charge in [0.1, 0.15) is 5.75 Å². The first kappa shape index (κ1) is 23.2. The zero-order valence-electron chi connectivity index (χ0n) is 19.5. The van der Waals surface area contributed by atoms with Crippen LogP contribution in [0.1, 0.15) is 54.9 Å². The van der Waals surface area contributed by atoms with Crippen LogP contribution in [0.4, 0.5) is 0 Å². The maximum Gasteiger partial charge on any atom is 0.244 e. The fourth-order valence-corrected chi connectivity index (χ4v) is 5.68. The van der Waals surface area contributed by atoms with Crippen LogP contribution in [-0.4, -0.2) is 11.0 Å². The van der Waals surface area contributed by atoms with E-state index < -0.39 is 5.54 Å². The number of phenols is 1. The molecule has 1 atom stereocenters. The Morgan fingerprint density at radius 1 is 1.03 bits per heavy atom. The van der Waals surface area contributed by atoms with Crippen molar-refractivity contribution in [1.29, 1.82) is 0 Å². The van der Waals surface area contributed by atoms with Gasteiger partial charge in [0.15, 0.2) is 0 Å². The third kappa shape index (κ3) is 5.33. The molecule has 1 aliphatic heterocycles. The summed E-state index contributed by atoms with van der Waals surface area (Å²) in [6, 6.07) is 22.6. The Morgan fingerprint density at radius 3 is 2.55 bits per heavy atom. The molecule has 3 nitrogen and oxygen atoms in total. The molecule has 0 fully saturated rings. The van der Waals surface area contributed by atoms with E-state index in [1.807, 2.05) is 30.3 Å². The van der Waals surface area contributed by atoms with Gasteiger partial charge in [-0.1, -0.05) is 80.2 Å². The number of amides is 1. The first-order valence-electron chi connectivity index (χ1n) is 11.5. The standard InChI is InChI=1S/C29H31NO2S/c1-20(2)24-13-11-21(3)18-26(24)33-27-19-23(12-14-25(27)31)29(16-7-10-28(32)30-29)17-15-22-8-5-4-6-9-22/h4-14,18-20,31H,15-17H2,1-3H3,(H,30,32). The summed E-state index contributed by atoms with van der Waals surface area (Å²) in [5.74, 6) is 0.576. The Kier molecular flexibility index (Phi) is 6.94. The first-order valence-corrected chi connectivity index (χ1v) is 12.3. The summed E-state index contributed by atoms with van der Waals surface area (Å²) in [5.41, 5.74) is 4.23. The second kappa shape index (κ2) is 9.88. The number of aryl methyl sites for hydroxylation is 2. The van der Waals surface area contributed by atoms with Crippen molar-refractivity contribution in [2.24, 2.45) is 0 Å². The predicted octanol–water partition coefficient (Wildman–Crippen LogP) is 6.88. The molecule has 1 amide bonds. The van der Waals surface area contributed by atoms with E-state index in [0.29, 0.717) is 5.92 Å². The van der Waals surface area contributed by atoms with Gasteiger partial charge in [0, 0.05) is 4.90 Å². The first-order chi connectivity index (χ1) is 15.9. The Balaban J connectivity index is 1.70. The number of carbonyl (C=O) groups is 1. The highest BCUT2D eigenvalue weighted by Crippen LogP contribution is 2.42. The Bertz CT molecular complexity index is 1170. The molecule has 3 aromatic rings. The van der Waals surface area contributed by atoms with Crippen molar-refractivity contribution in [2.45, 2.75) is 61.3 Å². The molecule has 0 bridgehead atoms. The molecule has 0 saturated heterocycles. The number of hydrogen-bond acceptors (Lipinski definition) is 3. The van der Waals surface area contributed by atoms with Gasteiger partial charge >= 0.3 is 0 Å². The van der Waals surface area contributed by atoms with Gasteiger partial charge < -0.3 is 10.4 Å². The molecule has 3 aromatic carbocycles. The van der Waals surface area contributed by atoms with Crippen LogP contribution < -0.4 is 5.32 Å². The molecular weight excluding hydrogens is 426 g/mol. The number of hydrogen-bond donors (Lipinski definition) is 2. The van der Waals surface area contributed by atoms with Gasteiger partial charge in [-0.3, -0.25) is 4.79 Å². The fourth-order valence-electron chi connectivity index (χ4n) is 4.42. The van der Waals surface area contributed by atoms with Gasteiger partial charge in [0.2, 0.25) is 5.91 Å². The average molecular weight is 458 g/mol. The highest BCUT2D eigenvalue weighted by atomic mass is 32.2. The van der Waals surface area contributed by atoms with Crippen molar-refractivity contribution >= 4 is 17.7 Å². The van der Waals surface area contributed by atoms with Crippen LogP contribution in [-0.2, 0) is 16.8 Å². The summed E-state index contributed by atoms with van der Waals surface area (Å²) < 4.78 is 0. The maximum atomic E-state index is 12.4. The SMILES string of the molecule is Cc1ccc(C(C)C)c(Sc2cc(C3(CCc4ccccc4)CC=CC(=O)N3)ccc2O)c1. The zero-order valence-corrected chi connectivity index (χ0v) is 20.3. The summed E-state index contributed by atoms with van der Waals surface area (Å²) in [4.78, 5) is 14.4. The van der Waals surface area contributed by atoms with E-state index in [1.165, 1.54) is 16.7 Å². The maximum absolute atomic E-state index is 12.4. The molecule has 0 spiro atoms. The van der Waals surface area contributed by atoms with Crippen LogP contribution in [0.3, 0.4) is 0 Å². The van der Waals surface area contributed by atoms with Crippen LogP contribution in [0.25, 0.3) is 0 Å². The van der Waals surface area contributed by atoms with Crippen LogP contribution >= 0.6 is 11.8 Å². The second-order valence-electron chi connectivity index (χ2n) is 9.14. The summed E-state index contributed by atoms with van der Waals surface area (Å²) in [6.07, 6.45) is 5.93. The highest BCUT2D eigenvalue weighted by molar-refractivity contribution is 7.99. The number of aromatic hydroxyl groups is 1. The van der Waals surface area contributed by atoms with Crippen LogP contribution in [0.2, 0.25) is 0 Å². The molecule has 4 rings (SSSR count). The number of nitrogens with one attached hydrogen (secondary N) is 1. The van der Waals surface area contributed by atoms with Crippen molar-refractivity contribution < 1.29 is 9.90 Å². The van der Waals surface area contributed by atoms with Crippen molar-refractivity contribution in [2.75, 3.05) is 0 Å². The molecule has 0 aliphatic carbocycles. The van der Waals surface area contributed by atoms with E-state index in [2.05, 4.69) is 62.5 Å². The molecule has 0 radical (unpaired) electrons. The third-order valence-electron chi connectivity index (χ3n) is 6.30. The Hall–Kier alpha value is -2.98. The van der Waals surface area contributed by atoms with E-state index in [0.717, 1.165) is 34.6 Å². The molecule has 2 N–H and O–H groups in total. The smallest absolute Gasteiger partial charge is 0.244 e. The predicted molar refractivity (Wildman–Crippen MR) is 136 cm³/mol. The van der Waals surface area contributed by atoms with Gasteiger partial charge in [0.25, 0.3) is 0 Å². The number of carbonyl (C=O) groups excluding carboxylic acids is 1. The van der Waals surface area contributed by atoms with Crippen LogP contribution in [0.5, 0.6) is 5.75 Å².